The van der Waals surface area contributed by atoms with E-state index < -0.39 is 5.97 Å². The van der Waals surface area contributed by atoms with Crippen molar-refractivity contribution in [2.75, 3.05) is 0 Å². The predicted octanol–water partition coefficient (Wildman–Crippen LogP) is 4.47. The fourth-order valence-corrected chi connectivity index (χ4v) is 3.96. The standard InChI is InChI=1S/C23H25N3O2/c1-23(2)10-9-19-17(11-23)12-24-13-20(19)21-14-26(15-25-21)18-6-3-16(4-7-18)5-8-22(27)28/h3-4,6-7,12-15H,5,8-11H2,1-2H3,(H,27,28). The topological polar surface area (TPSA) is 68.0 Å². The van der Waals surface area contributed by atoms with Crippen LogP contribution < -0.4 is 0 Å². The minimum atomic E-state index is -0.772. The fourth-order valence-electron chi connectivity index (χ4n) is 3.96. The van der Waals surface area contributed by atoms with E-state index in [9.17, 15) is 4.79 Å². The predicted molar refractivity (Wildman–Crippen MR) is 109 cm³/mol. The van der Waals surface area contributed by atoms with Gasteiger partial charge in [-0.2, -0.15) is 0 Å². The van der Waals surface area contributed by atoms with Gasteiger partial charge in [0.25, 0.3) is 0 Å². The molecule has 0 spiro atoms. The highest BCUT2D eigenvalue weighted by Crippen LogP contribution is 2.38. The van der Waals surface area contributed by atoms with Crippen molar-refractivity contribution in [3.05, 3.63) is 65.9 Å². The van der Waals surface area contributed by atoms with Crippen molar-refractivity contribution in [2.45, 2.75) is 46.0 Å². The lowest BCUT2D eigenvalue weighted by atomic mass is 9.74. The van der Waals surface area contributed by atoms with E-state index in [2.05, 4.69) is 23.8 Å². The second kappa shape index (κ2) is 7.23. The van der Waals surface area contributed by atoms with Crippen LogP contribution in [0.2, 0.25) is 0 Å². The monoisotopic (exact) mass is 375 g/mol. The second-order valence-electron chi connectivity index (χ2n) is 8.39. The van der Waals surface area contributed by atoms with Gasteiger partial charge >= 0.3 is 5.97 Å². The molecular weight excluding hydrogens is 350 g/mol. The molecule has 5 heteroatoms. The first-order valence-electron chi connectivity index (χ1n) is 9.72. The number of aromatic nitrogens is 3. The van der Waals surface area contributed by atoms with Gasteiger partial charge in [-0.05, 0) is 59.9 Å². The maximum atomic E-state index is 10.7. The number of aryl methyl sites for hydroxylation is 1. The van der Waals surface area contributed by atoms with Gasteiger partial charge in [0.15, 0.2) is 0 Å². The lowest BCUT2D eigenvalue weighted by Crippen LogP contribution is -2.22. The first kappa shape index (κ1) is 18.4. The van der Waals surface area contributed by atoms with Crippen LogP contribution in [0.1, 0.15) is 43.4 Å². The summed E-state index contributed by atoms with van der Waals surface area (Å²) >= 11 is 0. The van der Waals surface area contributed by atoms with Gasteiger partial charge in [-0.1, -0.05) is 26.0 Å². The van der Waals surface area contributed by atoms with Gasteiger partial charge in [-0.25, -0.2) is 4.98 Å². The molecule has 0 saturated carbocycles. The van der Waals surface area contributed by atoms with Crippen LogP contribution in [0.4, 0.5) is 0 Å². The number of aliphatic carboxylic acids is 1. The lowest BCUT2D eigenvalue weighted by Gasteiger charge is -2.31. The first-order chi connectivity index (χ1) is 13.4. The SMILES string of the molecule is CC1(C)CCc2c(cncc2-c2cn(-c3ccc(CCC(=O)O)cc3)cn2)C1. The molecule has 4 rings (SSSR count). The lowest BCUT2D eigenvalue weighted by molar-refractivity contribution is -0.136. The van der Waals surface area contributed by atoms with E-state index in [-0.39, 0.29) is 6.42 Å². The van der Waals surface area contributed by atoms with Gasteiger partial charge < -0.3 is 9.67 Å². The molecule has 144 valence electrons. The van der Waals surface area contributed by atoms with Crippen LogP contribution >= 0.6 is 0 Å². The Labute approximate surface area is 165 Å². The van der Waals surface area contributed by atoms with Crippen LogP contribution in [-0.4, -0.2) is 25.6 Å². The molecule has 2 heterocycles. The largest absolute Gasteiger partial charge is 0.481 e. The summed E-state index contributed by atoms with van der Waals surface area (Å²) in [4.78, 5) is 19.8. The Balaban J connectivity index is 1.58. The van der Waals surface area contributed by atoms with E-state index in [1.54, 1.807) is 0 Å². The average Bonchev–Trinajstić information content (AvgIpc) is 3.15. The molecule has 0 atom stereocenters. The minimum absolute atomic E-state index is 0.150. The molecular formula is C23H25N3O2. The van der Waals surface area contributed by atoms with Gasteiger partial charge in [0.1, 0.15) is 0 Å². The Kier molecular flexibility index (Phi) is 4.75. The molecule has 0 bridgehead atoms. The van der Waals surface area contributed by atoms with E-state index in [0.29, 0.717) is 11.8 Å². The number of hydrogen-bond acceptors (Lipinski definition) is 3. The Morgan fingerprint density at radius 2 is 2.00 bits per heavy atom. The van der Waals surface area contributed by atoms with Gasteiger partial charge in [0.05, 0.1) is 12.0 Å². The maximum Gasteiger partial charge on any atom is 0.303 e. The molecule has 1 aliphatic carbocycles. The molecule has 0 saturated heterocycles. The zero-order valence-corrected chi connectivity index (χ0v) is 16.4. The molecule has 5 nitrogen and oxygen atoms in total. The smallest absolute Gasteiger partial charge is 0.303 e. The van der Waals surface area contributed by atoms with Crippen molar-refractivity contribution in [3.63, 3.8) is 0 Å². The van der Waals surface area contributed by atoms with Gasteiger partial charge in [0.2, 0.25) is 0 Å². The van der Waals surface area contributed by atoms with Crippen molar-refractivity contribution < 1.29 is 9.90 Å². The molecule has 0 aliphatic heterocycles. The summed E-state index contributed by atoms with van der Waals surface area (Å²) < 4.78 is 2.00. The second-order valence-corrected chi connectivity index (χ2v) is 8.39. The highest BCUT2D eigenvalue weighted by molar-refractivity contribution is 5.67. The van der Waals surface area contributed by atoms with Crippen LogP contribution in [0.25, 0.3) is 16.9 Å². The normalized spacial score (nSPS) is 15.2. The van der Waals surface area contributed by atoms with E-state index in [1.165, 1.54) is 17.5 Å². The van der Waals surface area contributed by atoms with E-state index in [1.807, 2.05) is 53.8 Å². The number of fused-ring (bicyclic) bond motifs is 1. The third-order valence-electron chi connectivity index (χ3n) is 5.59. The Morgan fingerprint density at radius 1 is 1.21 bits per heavy atom. The number of nitrogens with zero attached hydrogens (tertiary/aromatic N) is 3. The molecule has 0 fully saturated rings. The molecule has 0 unspecified atom stereocenters. The van der Waals surface area contributed by atoms with Crippen molar-refractivity contribution >= 4 is 5.97 Å². The van der Waals surface area contributed by atoms with Crippen molar-refractivity contribution in [1.82, 2.24) is 14.5 Å². The number of pyridine rings is 1. The molecule has 1 aromatic carbocycles. The summed E-state index contributed by atoms with van der Waals surface area (Å²) in [6.07, 6.45) is 11.8. The van der Waals surface area contributed by atoms with Crippen LogP contribution in [0, 0.1) is 5.41 Å². The summed E-state index contributed by atoms with van der Waals surface area (Å²) in [6, 6.07) is 7.96. The quantitative estimate of drug-likeness (QED) is 0.714. The first-order valence-corrected chi connectivity index (χ1v) is 9.72. The number of carbonyl (C=O) groups is 1. The number of rotatable bonds is 5. The number of hydrogen-bond donors (Lipinski definition) is 1. The zero-order chi connectivity index (χ0) is 19.7. The Morgan fingerprint density at radius 3 is 2.75 bits per heavy atom. The Hall–Kier alpha value is -2.95. The third-order valence-corrected chi connectivity index (χ3v) is 5.59. The van der Waals surface area contributed by atoms with Crippen LogP contribution in [-0.2, 0) is 24.1 Å². The number of imidazole rings is 1. The summed E-state index contributed by atoms with van der Waals surface area (Å²) in [7, 11) is 0. The van der Waals surface area contributed by atoms with E-state index >= 15 is 0 Å². The van der Waals surface area contributed by atoms with Crippen molar-refractivity contribution in [1.29, 1.82) is 0 Å². The molecule has 28 heavy (non-hydrogen) atoms. The number of carboxylic acids is 1. The highest BCUT2D eigenvalue weighted by atomic mass is 16.4. The molecule has 3 aromatic rings. The molecule has 0 radical (unpaired) electrons. The molecule has 0 amide bonds. The van der Waals surface area contributed by atoms with E-state index in [0.717, 1.165) is 35.3 Å². The molecule has 2 aromatic heterocycles. The number of benzene rings is 1. The summed E-state index contributed by atoms with van der Waals surface area (Å²) in [6.45, 7) is 4.63. The maximum absolute atomic E-state index is 10.7. The van der Waals surface area contributed by atoms with Crippen molar-refractivity contribution in [2.24, 2.45) is 5.41 Å². The van der Waals surface area contributed by atoms with Crippen LogP contribution in [0.15, 0.2) is 49.2 Å². The van der Waals surface area contributed by atoms with Gasteiger partial charge in [-0.3, -0.25) is 9.78 Å². The minimum Gasteiger partial charge on any atom is -0.481 e. The summed E-state index contributed by atoms with van der Waals surface area (Å²) in [5.74, 6) is -0.772. The Bertz CT molecular complexity index is 1000. The average molecular weight is 375 g/mol. The third kappa shape index (κ3) is 3.84. The van der Waals surface area contributed by atoms with Crippen molar-refractivity contribution in [3.8, 4) is 16.9 Å². The van der Waals surface area contributed by atoms with Crippen LogP contribution in [0.3, 0.4) is 0 Å². The molecule has 1 aliphatic rings. The van der Waals surface area contributed by atoms with Gasteiger partial charge in [-0.15, -0.1) is 0 Å². The number of carboxylic acid groups (broad SMARTS) is 1. The fraction of sp³-hybridized carbons (Fsp3) is 0.348. The molecule has 1 N–H and O–H groups in total. The van der Waals surface area contributed by atoms with Crippen LogP contribution in [0.5, 0.6) is 0 Å². The highest BCUT2D eigenvalue weighted by Gasteiger charge is 2.27. The summed E-state index contributed by atoms with van der Waals surface area (Å²) in [5.41, 5.74) is 7.15. The zero-order valence-electron chi connectivity index (χ0n) is 16.4. The van der Waals surface area contributed by atoms with Gasteiger partial charge in [0, 0.05) is 36.3 Å². The summed E-state index contributed by atoms with van der Waals surface area (Å²) in [5, 5.41) is 8.81. The van der Waals surface area contributed by atoms with E-state index in [4.69, 9.17) is 5.11 Å².